The maximum Gasteiger partial charge on any atom is 0.335 e. The first-order valence-corrected chi connectivity index (χ1v) is 10.3. The van der Waals surface area contributed by atoms with Crippen LogP contribution >= 0.6 is 0 Å². The highest BCUT2D eigenvalue weighted by Crippen LogP contribution is 2.37. The zero-order valence-electron chi connectivity index (χ0n) is 16.5. The van der Waals surface area contributed by atoms with E-state index in [-0.39, 0.29) is 11.5 Å². The summed E-state index contributed by atoms with van der Waals surface area (Å²) in [5, 5.41) is 9.15. The van der Waals surface area contributed by atoms with E-state index in [1.165, 1.54) is 6.42 Å². The third-order valence-electron chi connectivity index (χ3n) is 5.60. The van der Waals surface area contributed by atoms with Gasteiger partial charge in [-0.3, -0.25) is 4.79 Å². The highest BCUT2D eigenvalue weighted by Gasteiger charge is 2.22. The summed E-state index contributed by atoms with van der Waals surface area (Å²) in [5.41, 5.74) is 2.74. The van der Waals surface area contributed by atoms with Gasteiger partial charge in [-0.1, -0.05) is 0 Å². The van der Waals surface area contributed by atoms with Crippen LogP contribution in [0.3, 0.4) is 0 Å². The second-order valence-electron chi connectivity index (χ2n) is 7.59. The van der Waals surface area contributed by atoms with Gasteiger partial charge in [0.05, 0.1) is 17.9 Å². The molecule has 0 aromatic heterocycles. The van der Waals surface area contributed by atoms with Crippen molar-refractivity contribution in [2.24, 2.45) is 0 Å². The number of ether oxygens (including phenoxy) is 1. The Morgan fingerprint density at radius 3 is 2.24 bits per heavy atom. The van der Waals surface area contributed by atoms with Gasteiger partial charge in [-0.15, -0.1) is 0 Å². The van der Waals surface area contributed by atoms with Crippen molar-refractivity contribution >= 4 is 23.3 Å². The van der Waals surface area contributed by atoms with Crippen molar-refractivity contribution in [3.05, 3.63) is 53.6 Å². The summed E-state index contributed by atoms with van der Waals surface area (Å²) in [7, 11) is 0. The van der Waals surface area contributed by atoms with Crippen LogP contribution in [-0.4, -0.2) is 48.1 Å². The van der Waals surface area contributed by atoms with E-state index in [1.807, 2.05) is 35.2 Å². The van der Waals surface area contributed by atoms with E-state index in [1.54, 1.807) is 12.1 Å². The van der Waals surface area contributed by atoms with Crippen molar-refractivity contribution in [1.82, 2.24) is 4.90 Å². The minimum atomic E-state index is -0.936. The Balaban J connectivity index is 1.64. The molecule has 0 bridgehead atoms. The number of likely N-dealkylation sites (tertiary alicyclic amines) is 1. The molecule has 1 saturated heterocycles. The maximum atomic E-state index is 12.9. The molecule has 6 heteroatoms. The fourth-order valence-electron chi connectivity index (χ4n) is 3.99. The fourth-order valence-corrected chi connectivity index (χ4v) is 3.99. The summed E-state index contributed by atoms with van der Waals surface area (Å²) in [5.74, 6) is -0.167. The van der Waals surface area contributed by atoms with Crippen molar-refractivity contribution in [2.75, 3.05) is 31.1 Å². The number of fused-ring (bicyclic) bond motifs is 1. The number of carbonyl (C=O) groups is 2. The Morgan fingerprint density at radius 1 is 0.828 bits per heavy atom. The SMILES string of the molecule is O=C(O)c1ccc(N2CCCCOc3cc(C(=O)N4CCCCC4)ccc32)cc1. The average Bonchev–Trinajstić information content (AvgIpc) is 2.74. The van der Waals surface area contributed by atoms with Crippen LogP contribution in [0.5, 0.6) is 5.75 Å². The first-order valence-electron chi connectivity index (χ1n) is 10.3. The number of carbonyl (C=O) groups excluding carboxylic acids is 1. The summed E-state index contributed by atoms with van der Waals surface area (Å²) in [6.07, 6.45) is 5.20. The standard InChI is InChI=1S/C23H26N2O4/c26-22(24-12-2-1-3-13-24)18-8-11-20-21(16-18)29-15-5-4-14-25(20)19-9-6-17(7-10-19)23(27)28/h6-11,16H,1-5,12-15H2,(H,27,28). The second kappa shape index (κ2) is 8.55. The van der Waals surface area contributed by atoms with E-state index >= 15 is 0 Å². The molecule has 0 radical (unpaired) electrons. The van der Waals surface area contributed by atoms with Gasteiger partial charge in [0, 0.05) is 30.9 Å². The lowest BCUT2D eigenvalue weighted by Crippen LogP contribution is -2.35. The van der Waals surface area contributed by atoms with Crippen LogP contribution in [0.25, 0.3) is 0 Å². The Morgan fingerprint density at radius 2 is 1.52 bits per heavy atom. The van der Waals surface area contributed by atoms with E-state index in [9.17, 15) is 9.59 Å². The Hall–Kier alpha value is -3.02. The lowest BCUT2D eigenvalue weighted by molar-refractivity contribution is 0.0694. The third-order valence-corrected chi connectivity index (χ3v) is 5.60. The molecule has 0 saturated carbocycles. The smallest absolute Gasteiger partial charge is 0.335 e. The molecule has 2 aliphatic heterocycles. The average molecular weight is 394 g/mol. The molecule has 0 atom stereocenters. The molecule has 29 heavy (non-hydrogen) atoms. The summed E-state index contributed by atoms with van der Waals surface area (Å²) in [6, 6.07) is 12.6. The monoisotopic (exact) mass is 394 g/mol. The van der Waals surface area contributed by atoms with Gasteiger partial charge < -0.3 is 19.6 Å². The number of benzene rings is 2. The Bertz CT molecular complexity index is 888. The normalized spacial score (nSPS) is 17.0. The van der Waals surface area contributed by atoms with E-state index in [0.717, 1.165) is 56.7 Å². The predicted octanol–water partition coefficient (Wildman–Crippen LogP) is 4.32. The van der Waals surface area contributed by atoms with E-state index in [4.69, 9.17) is 9.84 Å². The van der Waals surface area contributed by atoms with Gasteiger partial charge in [0.2, 0.25) is 0 Å². The highest BCUT2D eigenvalue weighted by molar-refractivity contribution is 5.95. The van der Waals surface area contributed by atoms with Crippen molar-refractivity contribution in [3.8, 4) is 5.75 Å². The lowest BCUT2D eigenvalue weighted by Gasteiger charge is -2.30. The summed E-state index contributed by atoms with van der Waals surface area (Å²) < 4.78 is 6.01. The van der Waals surface area contributed by atoms with Gasteiger partial charge in [-0.05, 0) is 74.6 Å². The number of hydrogen-bond acceptors (Lipinski definition) is 4. The number of rotatable bonds is 3. The van der Waals surface area contributed by atoms with E-state index in [2.05, 4.69) is 4.90 Å². The van der Waals surface area contributed by atoms with Crippen LogP contribution in [0.1, 0.15) is 52.8 Å². The van der Waals surface area contributed by atoms with Crippen LogP contribution < -0.4 is 9.64 Å². The molecule has 0 unspecified atom stereocenters. The van der Waals surface area contributed by atoms with Gasteiger partial charge >= 0.3 is 5.97 Å². The minimum absolute atomic E-state index is 0.0653. The number of anilines is 2. The maximum absolute atomic E-state index is 12.9. The van der Waals surface area contributed by atoms with Crippen LogP contribution in [0.4, 0.5) is 11.4 Å². The molecule has 0 spiro atoms. The number of carboxylic acid groups (broad SMARTS) is 1. The molecule has 2 aromatic carbocycles. The molecule has 1 fully saturated rings. The van der Waals surface area contributed by atoms with Crippen molar-refractivity contribution in [1.29, 1.82) is 0 Å². The number of carboxylic acids is 1. The molecule has 2 heterocycles. The highest BCUT2D eigenvalue weighted by atomic mass is 16.5. The van der Waals surface area contributed by atoms with E-state index < -0.39 is 5.97 Å². The molecule has 152 valence electrons. The summed E-state index contributed by atoms with van der Waals surface area (Å²) >= 11 is 0. The van der Waals surface area contributed by atoms with Gasteiger partial charge in [-0.2, -0.15) is 0 Å². The molecule has 6 nitrogen and oxygen atoms in total. The molecule has 1 N–H and O–H groups in total. The number of amides is 1. The van der Waals surface area contributed by atoms with E-state index in [0.29, 0.717) is 17.9 Å². The largest absolute Gasteiger partial charge is 0.491 e. The summed E-state index contributed by atoms with van der Waals surface area (Å²) in [4.78, 5) is 28.1. The number of aromatic carboxylic acids is 1. The minimum Gasteiger partial charge on any atom is -0.491 e. The number of nitrogens with zero attached hydrogens (tertiary/aromatic N) is 2. The first kappa shape index (κ1) is 19.3. The van der Waals surface area contributed by atoms with Crippen LogP contribution in [0, 0.1) is 0 Å². The Kier molecular flexibility index (Phi) is 5.69. The zero-order chi connectivity index (χ0) is 20.2. The number of hydrogen-bond donors (Lipinski definition) is 1. The molecular weight excluding hydrogens is 368 g/mol. The molecule has 2 aromatic rings. The first-order chi connectivity index (χ1) is 14.1. The molecular formula is C23H26N2O4. The number of piperidine rings is 1. The van der Waals surface area contributed by atoms with Crippen molar-refractivity contribution < 1.29 is 19.4 Å². The van der Waals surface area contributed by atoms with Crippen LogP contribution in [-0.2, 0) is 0 Å². The Labute approximate surface area is 170 Å². The predicted molar refractivity (Wildman–Crippen MR) is 111 cm³/mol. The van der Waals surface area contributed by atoms with Gasteiger partial charge in [0.25, 0.3) is 5.91 Å². The van der Waals surface area contributed by atoms with Crippen molar-refractivity contribution in [2.45, 2.75) is 32.1 Å². The van der Waals surface area contributed by atoms with Gasteiger partial charge in [-0.25, -0.2) is 4.79 Å². The summed E-state index contributed by atoms with van der Waals surface area (Å²) in [6.45, 7) is 3.07. The molecule has 0 aliphatic carbocycles. The lowest BCUT2D eigenvalue weighted by atomic mass is 10.1. The molecule has 1 amide bonds. The second-order valence-corrected chi connectivity index (χ2v) is 7.59. The fraction of sp³-hybridized carbons (Fsp3) is 0.391. The van der Waals surface area contributed by atoms with Gasteiger partial charge in [0.15, 0.2) is 0 Å². The molecule has 2 aliphatic rings. The topological polar surface area (TPSA) is 70.1 Å². The van der Waals surface area contributed by atoms with Crippen LogP contribution in [0.15, 0.2) is 42.5 Å². The third kappa shape index (κ3) is 4.21. The zero-order valence-corrected chi connectivity index (χ0v) is 16.5. The molecule has 4 rings (SSSR count). The quantitative estimate of drug-likeness (QED) is 0.839. The van der Waals surface area contributed by atoms with Crippen LogP contribution in [0.2, 0.25) is 0 Å². The van der Waals surface area contributed by atoms with Crippen molar-refractivity contribution in [3.63, 3.8) is 0 Å². The van der Waals surface area contributed by atoms with Gasteiger partial charge in [0.1, 0.15) is 5.75 Å².